The van der Waals surface area contributed by atoms with E-state index in [0.717, 1.165) is 25.7 Å². The maximum absolute atomic E-state index is 15.0. The second-order valence-corrected chi connectivity index (χ2v) is 9.52. The number of halogens is 2. The van der Waals surface area contributed by atoms with Gasteiger partial charge in [0.15, 0.2) is 11.2 Å². The fourth-order valence-corrected chi connectivity index (χ4v) is 5.23. The summed E-state index contributed by atoms with van der Waals surface area (Å²) in [6.45, 7) is 0.322. The first-order valence-electron chi connectivity index (χ1n) is 11.5. The molecule has 188 valence electrons. The van der Waals surface area contributed by atoms with E-state index in [4.69, 9.17) is 11.6 Å². The molecule has 0 radical (unpaired) electrons. The second-order valence-electron chi connectivity index (χ2n) is 9.16. The van der Waals surface area contributed by atoms with Crippen molar-refractivity contribution in [2.45, 2.75) is 51.0 Å². The van der Waals surface area contributed by atoms with Crippen molar-refractivity contribution >= 4 is 41.6 Å². The van der Waals surface area contributed by atoms with Gasteiger partial charge in [0.05, 0.1) is 26.1 Å². The van der Waals surface area contributed by atoms with Crippen LogP contribution in [0.4, 0.5) is 16.2 Å². The number of likely N-dealkylation sites (tertiary alicyclic amines) is 1. The van der Waals surface area contributed by atoms with E-state index in [1.165, 1.54) is 7.05 Å². The van der Waals surface area contributed by atoms with E-state index in [1.54, 1.807) is 7.05 Å². The molecule has 3 rings (SSSR count). The van der Waals surface area contributed by atoms with Gasteiger partial charge in [-0.3, -0.25) is 34.9 Å². The molecule has 3 amide bonds. The molecule has 1 aromatic rings. The Morgan fingerprint density at radius 2 is 2.00 bits per heavy atom. The minimum absolute atomic E-state index is 0.0483. The molecule has 1 saturated carbocycles. The zero-order valence-corrected chi connectivity index (χ0v) is 20.1. The van der Waals surface area contributed by atoms with Crippen LogP contribution in [0, 0.1) is 17.7 Å². The van der Waals surface area contributed by atoms with Crippen molar-refractivity contribution in [3.05, 3.63) is 11.0 Å². The Kier molecular flexibility index (Phi) is 8.61. The molecule has 0 bridgehead atoms. The van der Waals surface area contributed by atoms with Gasteiger partial charge in [0.2, 0.25) is 24.1 Å². The van der Waals surface area contributed by atoms with E-state index >= 15 is 0 Å². The molecule has 2 fully saturated rings. The Bertz CT molecular complexity index is 917. The lowest BCUT2D eigenvalue weighted by Crippen LogP contribution is -2.56. The number of rotatable bonds is 10. The maximum Gasteiger partial charge on any atom is 0.278 e. The smallest absolute Gasteiger partial charge is 0.278 e. The van der Waals surface area contributed by atoms with Gasteiger partial charge in [-0.05, 0) is 12.3 Å². The Morgan fingerprint density at radius 3 is 2.65 bits per heavy atom. The van der Waals surface area contributed by atoms with Crippen LogP contribution in [0.25, 0.3) is 0 Å². The van der Waals surface area contributed by atoms with E-state index in [0.29, 0.717) is 36.8 Å². The highest BCUT2D eigenvalue weighted by Gasteiger charge is 2.48. The zero-order valence-electron chi connectivity index (χ0n) is 19.4. The van der Waals surface area contributed by atoms with E-state index in [2.05, 4.69) is 26.1 Å². The molecule has 1 aliphatic heterocycles. The molecule has 3 atom stereocenters. The van der Waals surface area contributed by atoms with Gasteiger partial charge in [-0.2, -0.15) is 14.4 Å². The molecule has 1 unspecified atom stereocenters. The molecule has 34 heavy (non-hydrogen) atoms. The van der Waals surface area contributed by atoms with Crippen LogP contribution in [0.15, 0.2) is 0 Å². The molecule has 4 N–H and O–H groups in total. The molecule has 1 aliphatic carbocycles. The average Bonchev–Trinajstić information content (AvgIpc) is 3.48. The normalized spacial score (nSPS) is 23.4. The lowest BCUT2D eigenvalue weighted by Gasteiger charge is -2.33. The molecule has 2 heterocycles. The number of quaternary nitrogens is 1. The number of hydrogen-bond donors (Lipinski definition) is 4. The summed E-state index contributed by atoms with van der Waals surface area (Å²) in [7, 11) is 3.24. The van der Waals surface area contributed by atoms with Gasteiger partial charge in [0, 0.05) is 19.9 Å². The monoisotopic (exact) mass is 500 g/mol. The number of amides is 3. The topological polar surface area (TPSA) is 137 Å². The van der Waals surface area contributed by atoms with Gasteiger partial charge in [-0.1, -0.05) is 37.3 Å². The SMILES string of the molecule is CNC(=O)[C@@H]1CCC[N+]1(C)c1nc(NNC(=O)[C@H](CC2CCCC2)CN(O)C=O)nc(Cl)c1F. The van der Waals surface area contributed by atoms with Gasteiger partial charge in [0.25, 0.3) is 11.7 Å². The van der Waals surface area contributed by atoms with Gasteiger partial charge in [-0.25, -0.2) is 5.06 Å². The predicted molar refractivity (Wildman–Crippen MR) is 123 cm³/mol. The third-order valence-corrected chi connectivity index (χ3v) is 7.15. The molecule has 11 nitrogen and oxygen atoms in total. The molecule has 0 spiro atoms. The van der Waals surface area contributed by atoms with Crippen LogP contribution < -0.4 is 20.7 Å². The van der Waals surface area contributed by atoms with Gasteiger partial charge in [-0.15, -0.1) is 0 Å². The molecule has 1 saturated heterocycles. The second kappa shape index (κ2) is 11.2. The summed E-state index contributed by atoms with van der Waals surface area (Å²) in [4.78, 5) is 44.2. The summed E-state index contributed by atoms with van der Waals surface area (Å²) in [5.74, 6) is -2.03. The lowest BCUT2D eigenvalue weighted by molar-refractivity contribution is -0.154. The standard InChI is InChI=1S/C21H31ClFN7O4/c1-24-20(33)15-8-5-9-30(15,2)18-16(23)17(22)25-21(26-18)28-27-19(32)14(11-29(34)12-31)10-13-6-3-4-7-13/h12-15,34H,3-11H2,1-2H3,(H2-,24,25,26,27,28,32,33)/p+1/t14-,15+,30?/m1/s1. The Balaban J connectivity index is 1.77. The van der Waals surface area contributed by atoms with Crippen molar-refractivity contribution in [2.75, 3.05) is 32.6 Å². The third-order valence-electron chi connectivity index (χ3n) is 6.90. The van der Waals surface area contributed by atoms with Crippen LogP contribution >= 0.6 is 11.6 Å². The van der Waals surface area contributed by atoms with Crippen molar-refractivity contribution in [1.29, 1.82) is 0 Å². The number of anilines is 1. The van der Waals surface area contributed by atoms with E-state index in [-0.39, 0.29) is 35.1 Å². The zero-order chi connectivity index (χ0) is 24.9. The summed E-state index contributed by atoms with van der Waals surface area (Å²) in [5, 5.41) is 12.2. The van der Waals surface area contributed by atoms with Crippen molar-refractivity contribution in [3.8, 4) is 0 Å². The highest BCUT2D eigenvalue weighted by Crippen LogP contribution is 2.36. The minimum Gasteiger partial charge on any atom is -0.354 e. The van der Waals surface area contributed by atoms with Crippen LogP contribution in [0.2, 0.25) is 5.15 Å². The quantitative estimate of drug-likeness (QED) is 0.126. The largest absolute Gasteiger partial charge is 0.354 e. The van der Waals surface area contributed by atoms with Crippen molar-refractivity contribution in [2.24, 2.45) is 11.8 Å². The van der Waals surface area contributed by atoms with E-state index in [9.17, 15) is 24.0 Å². The molecule has 0 aromatic carbocycles. The van der Waals surface area contributed by atoms with Crippen LogP contribution in [-0.2, 0) is 14.4 Å². The lowest BCUT2D eigenvalue weighted by atomic mass is 9.92. The van der Waals surface area contributed by atoms with Crippen LogP contribution in [0.3, 0.4) is 0 Å². The summed E-state index contributed by atoms with van der Waals surface area (Å²) in [6, 6.07) is -0.539. The number of nitrogens with one attached hydrogen (secondary N) is 3. The maximum atomic E-state index is 15.0. The predicted octanol–water partition coefficient (Wildman–Crippen LogP) is 1.60. The average molecular weight is 501 g/mol. The summed E-state index contributed by atoms with van der Waals surface area (Å²) in [5.41, 5.74) is 5.07. The number of likely N-dealkylation sites (N-methyl/N-ethyl adjacent to an activating group) is 2. The number of carbonyl (C=O) groups excluding carboxylic acids is 3. The minimum atomic E-state index is -0.821. The third kappa shape index (κ3) is 5.73. The van der Waals surface area contributed by atoms with E-state index in [1.807, 2.05) is 0 Å². The molecular weight excluding hydrogens is 469 g/mol. The van der Waals surface area contributed by atoms with Crippen molar-refractivity contribution in [3.63, 3.8) is 0 Å². The number of hydrazine groups is 1. The fourth-order valence-electron chi connectivity index (χ4n) is 5.07. The summed E-state index contributed by atoms with van der Waals surface area (Å²) >= 11 is 6.03. The molecular formula is C21H32ClFN7O4+. The Morgan fingerprint density at radius 1 is 1.29 bits per heavy atom. The number of carbonyl (C=O) groups is 3. The van der Waals surface area contributed by atoms with Crippen molar-refractivity contribution in [1.82, 2.24) is 30.3 Å². The number of hydrogen-bond acceptors (Lipinski definition) is 7. The number of nitrogens with zero attached hydrogens (tertiary/aromatic N) is 4. The van der Waals surface area contributed by atoms with Crippen molar-refractivity contribution < 1.29 is 24.0 Å². The van der Waals surface area contributed by atoms with Crippen LogP contribution in [0.1, 0.15) is 44.9 Å². The van der Waals surface area contributed by atoms with E-state index < -0.39 is 28.8 Å². The highest BCUT2D eigenvalue weighted by molar-refractivity contribution is 6.29. The van der Waals surface area contributed by atoms with Gasteiger partial charge in [0.1, 0.15) is 0 Å². The summed E-state index contributed by atoms with van der Waals surface area (Å²) in [6.07, 6.45) is 6.19. The fraction of sp³-hybridized carbons (Fsp3) is 0.667. The number of aromatic nitrogens is 2. The molecule has 1 aromatic heterocycles. The first-order chi connectivity index (χ1) is 16.2. The van der Waals surface area contributed by atoms with Crippen LogP contribution in [0.5, 0.6) is 0 Å². The Hall–Kier alpha value is -2.57. The molecule has 2 aliphatic rings. The highest BCUT2D eigenvalue weighted by atomic mass is 35.5. The first kappa shape index (κ1) is 26.0. The van der Waals surface area contributed by atoms with Gasteiger partial charge < -0.3 is 5.32 Å². The van der Waals surface area contributed by atoms with Gasteiger partial charge >= 0.3 is 0 Å². The first-order valence-corrected chi connectivity index (χ1v) is 11.8. The molecule has 13 heteroatoms. The number of hydroxylamine groups is 2. The Labute approximate surface area is 202 Å². The van der Waals surface area contributed by atoms with Crippen LogP contribution in [-0.4, -0.2) is 71.7 Å². The summed E-state index contributed by atoms with van der Waals surface area (Å²) < 4.78 is 14.9.